The normalized spacial score (nSPS) is 17.8. The summed E-state index contributed by atoms with van der Waals surface area (Å²) in [5.41, 5.74) is 4.02. The van der Waals surface area contributed by atoms with Crippen molar-refractivity contribution in [2.24, 2.45) is 0 Å². The fraction of sp³-hybridized carbons (Fsp3) is 0.500. The molecule has 0 saturated carbocycles. The van der Waals surface area contributed by atoms with Gasteiger partial charge in [-0.05, 0) is 49.2 Å². The van der Waals surface area contributed by atoms with Crippen LogP contribution in [0.1, 0.15) is 23.6 Å². The number of nitrogens with one attached hydrogen (secondary N) is 1. The molecule has 33 heavy (non-hydrogen) atoms. The highest BCUT2D eigenvalue weighted by atomic mass is 16.5. The van der Waals surface area contributed by atoms with E-state index in [0.29, 0.717) is 18.0 Å². The van der Waals surface area contributed by atoms with Crippen LogP contribution in [0.2, 0.25) is 0 Å². The summed E-state index contributed by atoms with van der Waals surface area (Å²) >= 11 is 0. The van der Waals surface area contributed by atoms with E-state index in [1.807, 2.05) is 24.3 Å². The monoisotopic (exact) mass is 452 g/mol. The largest absolute Gasteiger partial charge is 0.493 e. The smallest absolute Gasteiger partial charge is 0.258 e. The SMILES string of the molecule is COc1ccccc1OCC(=O)NCC(c1ccc2c(c1)CCCN2C)N1CCN(C)CC1. The van der Waals surface area contributed by atoms with Gasteiger partial charge in [0.05, 0.1) is 13.2 Å². The number of methoxy groups -OCH3 is 1. The average molecular weight is 453 g/mol. The number of piperazine rings is 1. The Hall–Kier alpha value is -2.77. The van der Waals surface area contributed by atoms with Crippen molar-refractivity contribution in [3.63, 3.8) is 0 Å². The van der Waals surface area contributed by atoms with Gasteiger partial charge in [0.2, 0.25) is 0 Å². The summed E-state index contributed by atoms with van der Waals surface area (Å²) in [6, 6.07) is 14.4. The predicted octanol–water partition coefficient (Wildman–Crippen LogP) is 2.56. The highest BCUT2D eigenvalue weighted by Gasteiger charge is 2.26. The van der Waals surface area contributed by atoms with Crippen molar-refractivity contribution in [1.29, 1.82) is 0 Å². The number of likely N-dealkylation sites (N-methyl/N-ethyl adjacent to an activating group) is 1. The van der Waals surface area contributed by atoms with Gasteiger partial charge in [-0.25, -0.2) is 0 Å². The number of ether oxygens (including phenoxy) is 2. The van der Waals surface area contributed by atoms with Crippen LogP contribution in [-0.2, 0) is 11.2 Å². The molecule has 2 aliphatic rings. The van der Waals surface area contributed by atoms with Gasteiger partial charge in [-0.2, -0.15) is 0 Å². The lowest BCUT2D eigenvalue weighted by Crippen LogP contribution is -2.48. The molecule has 1 unspecified atom stereocenters. The number of hydrogen-bond donors (Lipinski definition) is 1. The number of fused-ring (bicyclic) bond motifs is 1. The van der Waals surface area contributed by atoms with Crippen molar-refractivity contribution in [1.82, 2.24) is 15.1 Å². The molecule has 0 radical (unpaired) electrons. The van der Waals surface area contributed by atoms with Crippen molar-refractivity contribution in [3.05, 3.63) is 53.6 Å². The molecule has 1 saturated heterocycles. The Kier molecular flexibility index (Phi) is 7.73. The van der Waals surface area contributed by atoms with Gasteiger partial charge in [-0.1, -0.05) is 24.3 Å². The Morgan fingerprint density at radius 3 is 2.55 bits per heavy atom. The molecular weight excluding hydrogens is 416 g/mol. The minimum atomic E-state index is -0.127. The molecule has 1 fully saturated rings. The van der Waals surface area contributed by atoms with Gasteiger partial charge in [-0.3, -0.25) is 9.69 Å². The maximum Gasteiger partial charge on any atom is 0.258 e. The van der Waals surface area contributed by atoms with Crippen molar-refractivity contribution < 1.29 is 14.3 Å². The first kappa shape index (κ1) is 23.4. The van der Waals surface area contributed by atoms with Gasteiger partial charge in [0.1, 0.15) is 0 Å². The second kappa shape index (κ2) is 10.9. The van der Waals surface area contributed by atoms with Crippen molar-refractivity contribution in [2.75, 3.05) is 72.0 Å². The number of carbonyl (C=O) groups excluding carboxylic acids is 1. The molecule has 1 N–H and O–H groups in total. The zero-order chi connectivity index (χ0) is 23.2. The number of benzene rings is 2. The minimum absolute atomic E-state index is 0.0369. The number of rotatable bonds is 8. The van der Waals surface area contributed by atoms with E-state index in [1.165, 1.54) is 23.2 Å². The van der Waals surface area contributed by atoms with Gasteiger partial charge in [0.15, 0.2) is 18.1 Å². The summed E-state index contributed by atoms with van der Waals surface area (Å²) in [7, 11) is 5.93. The molecule has 0 aliphatic carbocycles. The van der Waals surface area contributed by atoms with Crippen LogP contribution < -0.4 is 19.7 Å². The van der Waals surface area contributed by atoms with Crippen molar-refractivity contribution in [3.8, 4) is 11.5 Å². The number of aryl methyl sites for hydroxylation is 1. The molecule has 1 amide bonds. The summed E-state index contributed by atoms with van der Waals surface area (Å²) in [6.45, 7) is 5.69. The molecule has 2 aromatic carbocycles. The van der Waals surface area contributed by atoms with Gasteiger partial charge >= 0.3 is 0 Å². The highest BCUT2D eigenvalue weighted by molar-refractivity contribution is 5.77. The Morgan fingerprint density at radius 1 is 1.03 bits per heavy atom. The summed E-state index contributed by atoms with van der Waals surface area (Å²) in [5, 5.41) is 3.12. The molecule has 1 atom stereocenters. The lowest BCUT2D eigenvalue weighted by atomic mass is 9.95. The summed E-state index contributed by atoms with van der Waals surface area (Å²) in [4.78, 5) is 19.8. The highest BCUT2D eigenvalue weighted by Crippen LogP contribution is 2.31. The maximum atomic E-state index is 12.7. The topological polar surface area (TPSA) is 57.3 Å². The third-order valence-electron chi connectivity index (χ3n) is 6.74. The predicted molar refractivity (Wildman–Crippen MR) is 131 cm³/mol. The van der Waals surface area contributed by atoms with E-state index >= 15 is 0 Å². The van der Waals surface area contributed by atoms with Gasteiger partial charge in [0.25, 0.3) is 5.91 Å². The van der Waals surface area contributed by atoms with Crippen LogP contribution in [-0.4, -0.2) is 82.8 Å². The fourth-order valence-corrected chi connectivity index (χ4v) is 4.75. The summed E-state index contributed by atoms with van der Waals surface area (Å²) < 4.78 is 11.0. The molecule has 7 nitrogen and oxygen atoms in total. The van der Waals surface area contributed by atoms with Crippen molar-refractivity contribution in [2.45, 2.75) is 18.9 Å². The molecule has 4 rings (SSSR count). The van der Waals surface area contributed by atoms with Crippen LogP contribution in [0.4, 0.5) is 5.69 Å². The zero-order valence-corrected chi connectivity index (χ0v) is 20.0. The Labute approximate surface area is 197 Å². The molecule has 0 aromatic heterocycles. The average Bonchev–Trinajstić information content (AvgIpc) is 2.84. The van der Waals surface area contributed by atoms with E-state index in [9.17, 15) is 4.79 Å². The second-order valence-corrected chi connectivity index (χ2v) is 9.01. The third kappa shape index (κ3) is 5.78. The quantitative estimate of drug-likeness (QED) is 0.665. The van der Waals surface area contributed by atoms with Crippen LogP contribution in [0.15, 0.2) is 42.5 Å². The summed E-state index contributed by atoms with van der Waals surface area (Å²) in [5.74, 6) is 1.07. The lowest BCUT2D eigenvalue weighted by Gasteiger charge is -2.39. The van der Waals surface area contributed by atoms with E-state index < -0.39 is 0 Å². The van der Waals surface area contributed by atoms with Crippen LogP contribution in [0.3, 0.4) is 0 Å². The Bertz CT molecular complexity index is 943. The van der Waals surface area contributed by atoms with E-state index in [4.69, 9.17) is 9.47 Å². The number of amides is 1. The lowest BCUT2D eigenvalue weighted by molar-refractivity contribution is -0.123. The van der Waals surface area contributed by atoms with E-state index in [0.717, 1.165) is 39.1 Å². The molecule has 178 valence electrons. The van der Waals surface area contributed by atoms with Crippen LogP contribution in [0.5, 0.6) is 11.5 Å². The van der Waals surface area contributed by atoms with Crippen LogP contribution in [0, 0.1) is 0 Å². The number of nitrogens with zero attached hydrogens (tertiary/aromatic N) is 3. The first-order valence-electron chi connectivity index (χ1n) is 11.8. The van der Waals surface area contributed by atoms with Crippen LogP contribution >= 0.6 is 0 Å². The zero-order valence-electron chi connectivity index (χ0n) is 20.0. The Morgan fingerprint density at radius 2 is 1.79 bits per heavy atom. The maximum absolute atomic E-state index is 12.7. The van der Waals surface area contributed by atoms with Gasteiger partial charge in [-0.15, -0.1) is 0 Å². The molecular formula is C26H36N4O3. The second-order valence-electron chi connectivity index (χ2n) is 9.01. The molecule has 0 spiro atoms. The minimum Gasteiger partial charge on any atom is -0.493 e. The third-order valence-corrected chi connectivity index (χ3v) is 6.74. The molecule has 2 aromatic rings. The molecule has 2 aliphatic heterocycles. The van der Waals surface area contributed by atoms with E-state index in [2.05, 4.69) is 52.3 Å². The molecule has 7 heteroatoms. The number of hydrogen-bond acceptors (Lipinski definition) is 6. The number of para-hydroxylation sites is 2. The van der Waals surface area contributed by atoms with Crippen LogP contribution in [0.25, 0.3) is 0 Å². The molecule has 2 heterocycles. The summed E-state index contributed by atoms with van der Waals surface area (Å²) in [6.07, 6.45) is 2.30. The first-order valence-corrected chi connectivity index (χ1v) is 11.8. The van der Waals surface area contributed by atoms with Gasteiger partial charge < -0.3 is 24.6 Å². The first-order chi connectivity index (χ1) is 16.0. The fourth-order valence-electron chi connectivity index (χ4n) is 4.75. The standard InChI is InChI=1S/C26H36N4O3/c1-28-13-15-30(16-14-28)23(21-10-11-22-20(17-21)7-6-12-29(22)2)18-27-26(31)19-33-25-9-5-4-8-24(25)32-3/h4-5,8-11,17,23H,6-7,12-16,18-19H2,1-3H3,(H,27,31). The number of carbonyl (C=O) groups is 1. The number of anilines is 1. The van der Waals surface area contributed by atoms with E-state index in [-0.39, 0.29) is 18.6 Å². The molecule has 0 bridgehead atoms. The van der Waals surface area contributed by atoms with Gasteiger partial charge in [0, 0.05) is 52.0 Å². The Balaban J connectivity index is 1.43. The van der Waals surface area contributed by atoms with E-state index in [1.54, 1.807) is 7.11 Å². The van der Waals surface area contributed by atoms with Crippen molar-refractivity contribution >= 4 is 11.6 Å².